The van der Waals surface area contributed by atoms with E-state index in [0.717, 1.165) is 0 Å². The van der Waals surface area contributed by atoms with Crippen molar-refractivity contribution < 1.29 is 19.0 Å². The third-order valence-corrected chi connectivity index (χ3v) is 4.03. The first-order valence-corrected chi connectivity index (χ1v) is 7.88. The lowest BCUT2D eigenvalue weighted by Gasteiger charge is -2.34. The fourth-order valence-electron chi connectivity index (χ4n) is 2.91. The lowest BCUT2D eigenvalue weighted by molar-refractivity contribution is 0.0204. The van der Waals surface area contributed by atoms with E-state index < -0.39 is 11.4 Å². The van der Waals surface area contributed by atoms with Crippen LogP contribution in [0.2, 0.25) is 0 Å². The number of nitrogens with zero attached hydrogens (tertiary/aromatic N) is 1. The van der Waals surface area contributed by atoms with Crippen molar-refractivity contribution in [3.05, 3.63) is 29.1 Å². The molecule has 0 radical (unpaired) electrons. The molecule has 0 atom stereocenters. The molecule has 0 bridgehead atoms. The van der Waals surface area contributed by atoms with Crippen LogP contribution in [-0.4, -0.2) is 34.8 Å². The third-order valence-electron chi connectivity index (χ3n) is 4.03. The number of nitrogens with two attached hydrogens (primary N) is 1. The highest BCUT2D eigenvalue weighted by molar-refractivity contribution is 5.68. The van der Waals surface area contributed by atoms with Crippen molar-refractivity contribution in [2.45, 2.75) is 51.7 Å². The number of nitrogen functional groups attached to an aromatic ring is 1. The molecule has 1 saturated heterocycles. The summed E-state index contributed by atoms with van der Waals surface area (Å²) in [4.78, 5) is 13.7. The highest BCUT2D eigenvalue weighted by atomic mass is 19.1. The Labute approximate surface area is 136 Å². The van der Waals surface area contributed by atoms with Gasteiger partial charge in [-0.2, -0.15) is 0 Å². The monoisotopic (exact) mass is 324 g/mol. The van der Waals surface area contributed by atoms with Crippen LogP contribution in [0.5, 0.6) is 0 Å². The van der Waals surface area contributed by atoms with Crippen LogP contribution in [0.15, 0.2) is 12.1 Å². The minimum atomic E-state index is -0.530. The zero-order valence-electron chi connectivity index (χ0n) is 13.9. The maximum atomic E-state index is 14.4. The molecule has 5 nitrogen and oxygen atoms in total. The van der Waals surface area contributed by atoms with Gasteiger partial charge in [-0.1, -0.05) is 6.07 Å². The lowest BCUT2D eigenvalue weighted by atomic mass is 9.86. The first-order valence-electron chi connectivity index (χ1n) is 7.88. The van der Waals surface area contributed by atoms with Crippen molar-refractivity contribution in [2.75, 3.05) is 18.8 Å². The average Bonchev–Trinajstić information content (AvgIpc) is 2.48. The second kappa shape index (κ2) is 6.74. The van der Waals surface area contributed by atoms with Crippen LogP contribution in [0.3, 0.4) is 0 Å². The van der Waals surface area contributed by atoms with Gasteiger partial charge >= 0.3 is 6.09 Å². The van der Waals surface area contributed by atoms with Gasteiger partial charge in [-0.3, -0.25) is 0 Å². The Morgan fingerprint density at radius 1 is 1.39 bits per heavy atom. The molecular formula is C17H25FN2O3. The molecule has 1 fully saturated rings. The summed E-state index contributed by atoms with van der Waals surface area (Å²) in [5.41, 5.74) is 6.26. The maximum absolute atomic E-state index is 14.4. The Kier molecular flexibility index (Phi) is 5.14. The molecule has 128 valence electrons. The van der Waals surface area contributed by atoms with Crippen molar-refractivity contribution >= 4 is 11.8 Å². The summed E-state index contributed by atoms with van der Waals surface area (Å²) in [6, 6.07) is 3.13. The molecule has 0 saturated carbocycles. The second-order valence-corrected chi connectivity index (χ2v) is 6.94. The number of carbonyl (C=O) groups is 1. The van der Waals surface area contributed by atoms with Gasteiger partial charge in [0.1, 0.15) is 11.4 Å². The zero-order valence-corrected chi connectivity index (χ0v) is 13.9. The van der Waals surface area contributed by atoms with E-state index in [0.29, 0.717) is 37.1 Å². The summed E-state index contributed by atoms with van der Waals surface area (Å²) in [6.45, 7) is 6.25. The number of halogens is 1. The summed E-state index contributed by atoms with van der Waals surface area (Å²) in [6.07, 6.45) is 0.894. The van der Waals surface area contributed by atoms with Gasteiger partial charge in [-0.05, 0) is 56.7 Å². The molecule has 3 N–H and O–H groups in total. The standard InChI is InChI=1S/C17H25FN2O3/c1-17(2,3)23-16(22)20-8-6-11(7-9-20)14-12(10-21)4-5-13(19)15(14)18/h4-5,11,21H,6-10,19H2,1-3H3. The van der Waals surface area contributed by atoms with Crippen LogP contribution in [-0.2, 0) is 11.3 Å². The SMILES string of the molecule is CC(C)(C)OC(=O)N1CCC(c2c(CO)ccc(N)c2F)CC1. The number of carbonyl (C=O) groups excluding carboxylic acids is 1. The van der Waals surface area contributed by atoms with E-state index in [-0.39, 0.29) is 24.3 Å². The third kappa shape index (κ3) is 4.13. The Morgan fingerprint density at radius 3 is 2.52 bits per heavy atom. The van der Waals surface area contributed by atoms with Crippen molar-refractivity contribution in [3.8, 4) is 0 Å². The molecule has 1 aromatic carbocycles. The Hall–Kier alpha value is -1.82. The number of likely N-dealkylation sites (tertiary alicyclic amines) is 1. The molecule has 2 rings (SSSR count). The first-order chi connectivity index (χ1) is 10.7. The highest BCUT2D eigenvalue weighted by Crippen LogP contribution is 2.34. The topological polar surface area (TPSA) is 75.8 Å². The van der Waals surface area contributed by atoms with E-state index >= 15 is 0 Å². The molecule has 0 spiro atoms. The van der Waals surface area contributed by atoms with Gasteiger partial charge in [-0.25, -0.2) is 9.18 Å². The number of ether oxygens (including phenoxy) is 1. The van der Waals surface area contributed by atoms with Crippen LogP contribution >= 0.6 is 0 Å². The Bertz CT molecular complexity index is 576. The maximum Gasteiger partial charge on any atom is 0.410 e. The summed E-state index contributed by atoms with van der Waals surface area (Å²) in [7, 11) is 0. The Balaban J connectivity index is 2.08. The van der Waals surface area contributed by atoms with E-state index in [1.165, 1.54) is 6.07 Å². The van der Waals surface area contributed by atoms with Gasteiger partial charge in [0.15, 0.2) is 0 Å². The summed E-state index contributed by atoms with van der Waals surface area (Å²) in [5.74, 6) is -0.508. The van der Waals surface area contributed by atoms with Gasteiger partial charge in [-0.15, -0.1) is 0 Å². The van der Waals surface area contributed by atoms with E-state index in [4.69, 9.17) is 10.5 Å². The molecule has 0 aliphatic carbocycles. The van der Waals surface area contributed by atoms with Crippen LogP contribution in [0.1, 0.15) is 50.7 Å². The Morgan fingerprint density at radius 2 is 2.00 bits per heavy atom. The number of hydrogen-bond acceptors (Lipinski definition) is 4. The fourth-order valence-corrected chi connectivity index (χ4v) is 2.91. The molecule has 1 aliphatic heterocycles. The highest BCUT2D eigenvalue weighted by Gasteiger charge is 2.30. The van der Waals surface area contributed by atoms with Gasteiger partial charge in [0.05, 0.1) is 12.3 Å². The zero-order chi connectivity index (χ0) is 17.2. The number of aliphatic hydroxyl groups is 1. The smallest absolute Gasteiger partial charge is 0.410 e. The molecule has 1 aliphatic rings. The number of benzene rings is 1. The molecule has 6 heteroatoms. The van der Waals surface area contributed by atoms with Crippen molar-refractivity contribution in [1.82, 2.24) is 4.90 Å². The molecule has 0 aromatic heterocycles. The predicted octanol–water partition coefficient (Wildman–Crippen LogP) is 3.01. The quantitative estimate of drug-likeness (QED) is 0.820. The van der Waals surface area contributed by atoms with Crippen LogP contribution in [0.25, 0.3) is 0 Å². The number of piperidine rings is 1. The summed E-state index contributed by atoms with van der Waals surface area (Å²) < 4.78 is 19.7. The van der Waals surface area contributed by atoms with Gasteiger partial charge in [0, 0.05) is 13.1 Å². The van der Waals surface area contributed by atoms with Crippen LogP contribution < -0.4 is 5.73 Å². The normalized spacial score (nSPS) is 16.5. The van der Waals surface area contributed by atoms with E-state index in [1.54, 1.807) is 11.0 Å². The fraction of sp³-hybridized carbons (Fsp3) is 0.588. The number of aliphatic hydroxyl groups excluding tert-OH is 1. The second-order valence-electron chi connectivity index (χ2n) is 6.94. The molecular weight excluding hydrogens is 299 g/mol. The van der Waals surface area contributed by atoms with Gasteiger partial charge in [0.2, 0.25) is 0 Å². The summed E-state index contributed by atoms with van der Waals surface area (Å²) >= 11 is 0. The lowest BCUT2D eigenvalue weighted by Crippen LogP contribution is -2.41. The summed E-state index contributed by atoms with van der Waals surface area (Å²) in [5, 5.41) is 9.44. The molecule has 23 heavy (non-hydrogen) atoms. The van der Waals surface area contributed by atoms with Crippen molar-refractivity contribution in [1.29, 1.82) is 0 Å². The number of anilines is 1. The molecule has 1 amide bonds. The molecule has 1 heterocycles. The predicted molar refractivity (Wildman–Crippen MR) is 86.5 cm³/mol. The number of rotatable bonds is 2. The van der Waals surface area contributed by atoms with Crippen molar-refractivity contribution in [3.63, 3.8) is 0 Å². The first kappa shape index (κ1) is 17.5. The van der Waals surface area contributed by atoms with E-state index in [2.05, 4.69) is 0 Å². The minimum absolute atomic E-state index is 0.0562. The van der Waals surface area contributed by atoms with E-state index in [9.17, 15) is 14.3 Å². The largest absolute Gasteiger partial charge is 0.444 e. The molecule has 0 unspecified atom stereocenters. The van der Waals surface area contributed by atoms with Crippen LogP contribution in [0, 0.1) is 5.82 Å². The van der Waals surface area contributed by atoms with Gasteiger partial charge < -0.3 is 20.5 Å². The number of hydrogen-bond donors (Lipinski definition) is 2. The average molecular weight is 324 g/mol. The number of amides is 1. The minimum Gasteiger partial charge on any atom is -0.444 e. The molecule has 1 aromatic rings. The van der Waals surface area contributed by atoms with Gasteiger partial charge in [0.25, 0.3) is 0 Å². The van der Waals surface area contributed by atoms with Crippen molar-refractivity contribution in [2.24, 2.45) is 0 Å². The van der Waals surface area contributed by atoms with E-state index in [1.807, 2.05) is 20.8 Å². The van der Waals surface area contributed by atoms with Crippen LogP contribution in [0.4, 0.5) is 14.9 Å².